The van der Waals surface area contributed by atoms with E-state index in [-0.39, 0.29) is 0 Å². The first-order valence-electron chi connectivity index (χ1n) is 27.8. The summed E-state index contributed by atoms with van der Waals surface area (Å²) < 4.78 is 4.97. The minimum atomic E-state index is 0.595. The first-order valence-corrected chi connectivity index (χ1v) is 28.6. The normalized spacial score (nSPS) is 11.7. The largest absolute Gasteiger partial charge is 0.309 e. The van der Waals surface area contributed by atoms with Gasteiger partial charge in [0.25, 0.3) is 0 Å². The molecule has 382 valence electrons. The van der Waals surface area contributed by atoms with Crippen molar-refractivity contribution in [3.05, 3.63) is 291 Å². The molecule has 0 unspecified atom stereocenters. The third-order valence-corrected chi connectivity index (χ3v) is 17.4. The van der Waals surface area contributed by atoms with Crippen LogP contribution >= 0.6 is 11.3 Å². The number of rotatable bonds is 9. The molecule has 4 nitrogen and oxygen atoms in total. The molecular weight excluding hydrogens is 1010 g/mol. The molecule has 0 fully saturated rings. The summed E-state index contributed by atoms with van der Waals surface area (Å²) in [5, 5.41) is 9.81. The number of nitrogens with zero attached hydrogens (tertiary/aromatic N) is 4. The SMILES string of the molecule is c1ccc(-c2ccc(-c3ccc(-c4nc(-c5ccc(-c6ccc(-c7ccccc7)cc6)cc5)nc(-c5ccc(-n6c7cc8ccccc8cc7c7c8ccccc8ccc76)cc5-c5ccc6sc7ccccc7c6c5)n4)cc3)cc2)cc1. The van der Waals surface area contributed by atoms with E-state index in [2.05, 4.69) is 296 Å². The third kappa shape index (κ3) is 8.34. The van der Waals surface area contributed by atoms with Crippen LogP contribution in [0.5, 0.6) is 0 Å². The van der Waals surface area contributed by atoms with Gasteiger partial charge in [-0.2, -0.15) is 0 Å². The van der Waals surface area contributed by atoms with Gasteiger partial charge in [0.1, 0.15) is 0 Å². The van der Waals surface area contributed by atoms with Gasteiger partial charge in [0.05, 0.1) is 11.0 Å². The fourth-order valence-electron chi connectivity index (χ4n) is 12.1. The molecule has 16 rings (SSSR count). The molecule has 0 aliphatic rings. The van der Waals surface area contributed by atoms with E-state index in [0.717, 1.165) is 66.8 Å². The molecule has 0 bridgehead atoms. The lowest BCUT2D eigenvalue weighted by molar-refractivity contribution is 1.07. The van der Waals surface area contributed by atoms with Crippen LogP contribution in [0.1, 0.15) is 0 Å². The van der Waals surface area contributed by atoms with Crippen LogP contribution in [-0.4, -0.2) is 19.5 Å². The highest BCUT2D eigenvalue weighted by Crippen LogP contribution is 2.44. The lowest BCUT2D eigenvalue weighted by atomic mass is 9.96. The van der Waals surface area contributed by atoms with Crippen molar-refractivity contribution in [3.63, 3.8) is 0 Å². The molecule has 0 saturated carbocycles. The molecular formula is C77H48N4S. The van der Waals surface area contributed by atoms with Crippen LogP contribution in [0.15, 0.2) is 291 Å². The van der Waals surface area contributed by atoms with Crippen LogP contribution in [0.4, 0.5) is 0 Å². The summed E-state index contributed by atoms with van der Waals surface area (Å²) in [6.45, 7) is 0. The summed E-state index contributed by atoms with van der Waals surface area (Å²) in [4.78, 5) is 16.3. The Morgan fingerprint density at radius 1 is 0.244 bits per heavy atom. The van der Waals surface area contributed by atoms with Gasteiger partial charge >= 0.3 is 0 Å². The third-order valence-electron chi connectivity index (χ3n) is 16.3. The zero-order valence-electron chi connectivity index (χ0n) is 44.4. The lowest BCUT2D eigenvalue weighted by Gasteiger charge is -2.16. The van der Waals surface area contributed by atoms with E-state index in [1.807, 2.05) is 11.3 Å². The molecule has 0 saturated heterocycles. The highest BCUT2D eigenvalue weighted by atomic mass is 32.1. The Bertz CT molecular complexity index is 4960. The van der Waals surface area contributed by atoms with E-state index in [1.54, 1.807) is 0 Å². The predicted octanol–water partition coefficient (Wildman–Crippen LogP) is 21.0. The Hall–Kier alpha value is -10.6. The molecule has 13 aromatic carbocycles. The van der Waals surface area contributed by atoms with E-state index in [0.29, 0.717) is 17.5 Å². The molecule has 0 N–H and O–H groups in total. The highest BCUT2D eigenvalue weighted by molar-refractivity contribution is 7.25. The van der Waals surface area contributed by atoms with Gasteiger partial charge in [-0.15, -0.1) is 11.3 Å². The van der Waals surface area contributed by atoms with Gasteiger partial charge in [-0.05, 0) is 132 Å². The Labute approximate surface area is 478 Å². The van der Waals surface area contributed by atoms with Crippen molar-refractivity contribution in [1.82, 2.24) is 19.5 Å². The van der Waals surface area contributed by atoms with E-state index >= 15 is 0 Å². The van der Waals surface area contributed by atoms with Crippen LogP contribution in [0.2, 0.25) is 0 Å². The van der Waals surface area contributed by atoms with E-state index in [1.165, 1.54) is 74.7 Å². The van der Waals surface area contributed by atoms with E-state index < -0.39 is 0 Å². The molecule has 16 aromatic rings. The Morgan fingerprint density at radius 3 is 1.28 bits per heavy atom. The number of benzene rings is 13. The molecule has 0 atom stereocenters. The summed E-state index contributed by atoms with van der Waals surface area (Å²) in [7, 11) is 0. The van der Waals surface area contributed by atoms with Crippen molar-refractivity contribution in [2.75, 3.05) is 0 Å². The maximum Gasteiger partial charge on any atom is 0.164 e. The van der Waals surface area contributed by atoms with Crippen LogP contribution in [-0.2, 0) is 0 Å². The predicted molar refractivity (Wildman–Crippen MR) is 346 cm³/mol. The highest BCUT2D eigenvalue weighted by Gasteiger charge is 2.22. The average Bonchev–Trinajstić information content (AvgIpc) is 4.31. The smallest absolute Gasteiger partial charge is 0.164 e. The monoisotopic (exact) mass is 1060 g/mol. The summed E-state index contributed by atoms with van der Waals surface area (Å²) in [6, 6.07) is 105. The Balaban J connectivity index is 0.878. The minimum Gasteiger partial charge on any atom is -0.309 e. The zero-order chi connectivity index (χ0) is 54.1. The lowest BCUT2D eigenvalue weighted by Crippen LogP contribution is -2.02. The Kier molecular flexibility index (Phi) is 11.4. The van der Waals surface area contributed by atoms with Crippen LogP contribution in [0.3, 0.4) is 0 Å². The first-order chi connectivity index (χ1) is 40.6. The van der Waals surface area contributed by atoms with Crippen LogP contribution in [0, 0.1) is 0 Å². The van der Waals surface area contributed by atoms with Gasteiger partial charge in [-0.3, -0.25) is 0 Å². The van der Waals surface area contributed by atoms with Gasteiger partial charge in [0.2, 0.25) is 0 Å². The molecule has 3 aromatic heterocycles. The molecule has 0 amide bonds. The fourth-order valence-corrected chi connectivity index (χ4v) is 13.2. The number of fused-ring (bicyclic) bond motifs is 9. The topological polar surface area (TPSA) is 43.6 Å². The van der Waals surface area contributed by atoms with Crippen molar-refractivity contribution in [2.45, 2.75) is 0 Å². The second-order valence-electron chi connectivity index (χ2n) is 21.1. The zero-order valence-corrected chi connectivity index (χ0v) is 45.2. The van der Waals surface area contributed by atoms with Gasteiger partial charge in [0, 0.05) is 53.3 Å². The molecule has 3 heterocycles. The van der Waals surface area contributed by atoms with Crippen molar-refractivity contribution in [1.29, 1.82) is 0 Å². The maximum absolute atomic E-state index is 5.47. The number of hydrogen-bond acceptors (Lipinski definition) is 4. The van der Waals surface area contributed by atoms with Crippen molar-refractivity contribution in [3.8, 4) is 95.5 Å². The molecule has 5 heteroatoms. The average molecular weight is 1060 g/mol. The number of thiophene rings is 1. The standard InChI is InChI=1S/C77H48N4S/c1-3-13-49(14-4-1)51-23-27-53(28-24-51)55-31-35-58(36-32-55)75-78-76(59-37-33-56(34-38-59)54-29-25-52(26-30-54)50-15-5-2-6-16-50)80-77(79-75)66-42-41-63(48-67(66)62-40-44-73-68(46-62)65-21-11-12-22-72(65)82-73)81-70-43-39-57-17-9-10-20-64(57)74(70)69-45-60-18-7-8-19-61(60)47-71(69)81/h1-48H. The van der Waals surface area contributed by atoms with Gasteiger partial charge in [-0.25, -0.2) is 15.0 Å². The summed E-state index contributed by atoms with van der Waals surface area (Å²) >= 11 is 1.83. The van der Waals surface area contributed by atoms with Gasteiger partial charge in [0.15, 0.2) is 17.5 Å². The van der Waals surface area contributed by atoms with E-state index in [4.69, 9.17) is 15.0 Å². The van der Waals surface area contributed by atoms with Crippen LogP contribution in [0.25, 0.3) is 159 Å². The molecule has 0 spiro atoms. The second kappa shape index (κ2) is 19.6. The Morgan fingerprint density at radius 2 is 0.695 bits per heavy atom. The first kappa shape index (κ1) is 47.4. The van der Waals surface area contributed by atoms with Crippen molar-refractivity contribution < 1.29 is 0 Å². The number of aromatic nitrogens is 4. The van der Waals surface area contributed by atoms with Crippen molar-refractivity contribution >= 4 is 74.9 Å². The summed E-state index contributed by atoms with van der Waals surface area (Å²) in [5.74, 6) is 1.79. The van der Waals surface area contributed by atoms with Gasteiger partial charge in [-0.1, -0.05) is 237 Å². The molecule has 0 aliphatic heterocycles. The molecule has 0 aliphatic carbocycles. The van der Waals surface area contributed by atoms with Crippen molar-refractivity contribution in [2.24, 2.45) is 0 Å². The molecule has 0 radical (unpaired) electrons. The van der Waals surface area contributed by atoms with Gasteiger partial charge < -0.3 is 4.57 Å². The second-order valence-corrected chi connectivity index (χ2v) is 22.2. The minimum absolute atomic E-state index is 0.595. The maximum atomic E-state index is 5.47. The number of hydrogen-bond donors (Lipinski definition) is 0. The van der Waals surface area contributed by atoms with E-state index in [9.17, 15) is 0 Å². The van der Waals surface area contributed by atoms with Crippen LogP contribution < -0.4 is 0 Å². The summed E-state index contributed by atoms with van der Waals surface area (Å²) in [5.41, 5.74) is 17.5. The molecule has 82 heavy (non-hydrogen) atoms. The fraction of sp³-hybridized carbons (Fsp3) is 0. The summed E-state index contributed by atoms with van der Waals surface area (Å²) in [6.07, 6.45) is 0. The quantitative estimate of drug-likeness (QED) is 0.145.